The molecule has 0 unspecified atom stereocenters. The first kappa shape index (κ1) is 14.5. The molecule has 2 N–H and O–H groups in total. The van der Waals surface area contributed by atoms with Crippen LogP contribution in [0.25, 0.3) is 0 Å². The summed E-state index contributed by atoms with van der Waals surface area (Å²) in [6.07, 6.45) is 1.32. The second-order valence-corrected chi connectivity index (χ2v) is 4.89. The number of esters is 1. The molecule has 0 bridgehead atoms. The summed E-state index contributed by atoms with van der Waals surface area (Å²) in [4.78, 5) is 23.1. The fraction of sp³-hybridized carbons (Fsp3) is 0.455. The van der Waals surface area contributed by atoms with Gasteiger partial charge in [-0.15, -0.1) is 0 Å². The van der Waals surface area contributed by atoms with Gasteiger partial charge in [0.05, 0.1) is 0 Å². The number of carbonyl (C=O) groups is 1. The molecule has 6 nitrogen and oxygen atoms in total. The second-order valence-electron chi connectivity index (χ2n) is 4.89. The molecular weight excluding hydrogens is 237 g/mol. The Bertz CT molecular complexity index is 489. The van der Waals surface area contributed by atoms with Crippen LogP contribution in [0.1, 0.15) is 20.8 Å². The smallest absolute Gasteiger partial charge is 0.459 e. The van der Waals surface area contributed by atoms with Crippen LogP contribution in [-0.4, -0.2) is 33.3 Å². The highest BCUT2D eigenvalue weighted by atomic mass is 16.6. The maximum Gasteiger partial charge on any atom is 0.488 e. The number of aromatic nitrogens is 1. The van der Waals surface area contributed by atoms with Crippen molar-refractivity contribution in [1.29, 1.82) is 0 Å². The average molecular weight is 253 g/mol. The van der Waals surface area contributed by atoms with Gasteiger partial charge in [-0.05, 0) is 32.3 Å². The molecule has 0 aliphatic rings. The van der Waals surface area contributed by atoms with E-state index >= 15 is 0 Å². The molecule has 0 aliphatic carbocycles. The largest absolute Gasteiger partial charge is 0.488 e. The van der Waals surface area contributed by atoms with Crippen molar-refractivity contribution in [3.63, 3.8) is 0 Å². The summed E-state index contributed by atoms with van der Waals surface area (Å²) in [6.45, 7) is 4.99. The van der Waals surface area contributed by atoms with E-state index in [4.69, 9.17) is 14.8 Å². The molecule has 98 valence electrons. The van der Waals surface area contributed by atoms with Crippen LogP contribution >= 0.6 is 0 Å². The zero-order chi connectivity index (χ0) is 13.9. The Morgan fingerprint density at radius 2 is 2.06 bits per heavy atom. The Labute approximate surface area is 105 Å². The Balaban J connectivity index is 2.81. The van der Waals surface area contributed by atoms with Crippen molar-refractivity contribution in [3.8, 4) is 0 Å². The highest BCUT2D eigenvalue weighted by molar-refractivity contribution is 6.58. The summed E-state index contributed by atoms with van der Waals surface area (Å²) in [5.41, 5.74) is -1.02. The van der Waals surface area contributed by atoms with Gasteiger partial charge in [-0.1, -0.05) is 0 Å². The molecule has 0 radical (unpaired) electrons. The molecule has 0 atom stereocenters. The van der Waals surface area contributed by atoms with Crippen molar-refractivity contribution in [2.45, 2.75) is 32.9 Å². The first-order valence-electron chi connectivity index (χ1n) is 5.47. The number of hydrogen-bond donors (Lipinski definition) is 2. The van der Waals surface area contributed by atoms with E-state index in [2.05, 4.69) is 0 Å². The number of ether oxygens (including phenoxy) is 1. The third-order valence-corrected chi connectivity index (χ3v) is 2.04. The van der Waals surface area contributed by atoms with Crippen LogP contribution in [-0.2, 0) is 16.1 Å². The van der Waals surface area contributed by atoms with Crippen molar-refractivity contribution in [2.75, 3.05) is 0 Å². The van der Waals surface area contributed by atoms with Crippen molar-refractivity contribution < 1.29 is 19.6 Å². The van der Waals surface area contributed by atoms with Gasteiger partial charge in [-0.25, -0.2) is 0 Å². The van der Waals surface area contributed by atoms with Crippen molar-refractivity contribution >= 4 is 18.6 Å². The molecule has 1 aromatic rings. The monoisotopic (exact) mass is 253 g/mol. The van der Waals surface area contributed by atoms with Crippen LogP contribution in [0.4, 0.5) is 0 Å². The Kier molecular flexibility index (Phi) is 4.31. The number of rotatable bonds is 3. The van der Waals surface area contributed by atoms with E-state index in [0.717, 1.165) is 10.6 Å². The first-order chi connectivity index (χ1) is 8.19. The molecular formula is C11H16BNO5. The summed E-state index contributed by atoms with van der Waals surface area (Å²) in [6, 6.07) is 2.42. The molecule has 18 heavy (non-hydrogen) atoms. The maximum absolute atomic E-state index is 11.6. The number of pyridine rings is 1. The van der Waals surface area contributed by atoms with E-state index in [0.29, 0.717) is 0 Å². The minimum Gasteiger partial charge on any atom is -0.459 e. The van der Waals surface area contributed by atoms with Gasteiger partial charge in [-0.3, -0.25) is 9.59 Å². The fourth-order valence-corrected chi connectivity index (χ4v) is 1.33. The van der Waals surface area contributed by atoms with Gasteiger partial charge in [0.1, 0.15) is 12.1 Å². The van der Waals surface area contributed by atoms with Gasteiger partial charge < -0.3 is 19.4 Å². The summed E-state index contributed by atoms with van der Waals surface area (Å²) in [5.74, 6) is -0.526. The normalized spacial score (nSPS) is 11.2. The topological polar surface area (TPSA) is 88.8 Å². The Morgan fingerprint density at radius 1 is 1.44 bits per heavy atom. The van der Waals surface area contributed by atoms with E-state index in [1.165, 1.54) is 12.3 Å². The van der Waals surface area contributed by atoms with Crippen LogP contribution in [0.3, 0.4) is 0 Å². The molecule has 0 saturated heterocycles. The Morgan fingerprint density at radius 3 is 2.50 bits per heavy atom. The Hall–Kier alpha value is -1.60. The van der Waals surface area contributed by atoms with E-state index in [1.807, 2.05) is 0 Å². The van der Waals surface area contributed by atoms with Gasteiger partial charge in [0.15, 0.2) is 0 Å². The zero-order valence-corrected chi connectivity index (χ0v) is 10.6. The quantitative estimate of drug-likeness (QED) is 0.525. The summed E-state index contributed by atoms with van der Waals surface area (Å²) in [5, 5.41) is 17.8. The molecule has 1 heterocycles. The third-order valence-electron chi connectivity index (χ3n) is 2.04. The average Bonchev–Trinajstić information content (AvgIpc) is 2.17. The molecule has 1 rings (SSSR count). The van der Waals surface area contributed by atoms with Crippen molar-refractivity contribution in [3.05, 3.63) is 28.7 Å². The molecule has 0 spiro atoms. The lowest BCUT2D eigenvalue weighted by Crippen LogP contribution is -2.36. The van der Waals surface area contributed by atoms with E-state index in [9.17, 15) is 9.59 Å². The molecule has 0 amide bonds. The standard InChI is InChI=1S/C11H16BNO5/c1-11(2,3)18-10(15)7-13-5-4-8(12(16)17)6-9(13)14/h4-6,16-17H,7H2,1-3H3. The predicted molar refractivity (Wildman–Crippen MR) is 66.4 cm³/mol. The highest BCUT2D eigenvalue weighted by Crippen LogP contribution is 2.07. The third kappa shape index (κ3) is 4.35. The minimum atomic E-state index is -1.70. The molecule has 1 aromatic heterocycles. The van der Waals surface area contributed by atoms with Crippen LogP contribution in [0, 0.1) is 0 Å². The minimum absolute atomic E-state index is 0.0837. The SMILES string of the molecule is CC(C)(C)OC(=O)Cn1ccc(B(O)O)cc1=O. The summed E-state index contributed by atoms with van der Waals surface area (Å²) >= 11 is 0. The highest BCUT2D eigenvalue weighted by Gasteiger charge is 2.17. The molecule has 7 heteroatoms. The van der Waals surface area contributed by atoms with Gasteiger partial charge >= 0.3 is 13.1 Å². The zero-order valence-electron chi connectivity index (χ0n) is 10.6. The lowest BCUT2D eigenvalue weighted by molar-refractivity contribution is -0.155. The molecule has 0 saturated carbocycles. The first-order valence-corrected chi connectivity index (χ1v) is 5.47. The van der Waals surface area contributed by atoms with Crippen molar-refractivity contribution in [1.82, 2.24) is 4.57 Å². The van der Waals surface area contributed by atoms with Gasteiger partial charge in [0, 0.05) is 12.3 Å². The predicted octanol–water partition coefficient (Wildman–Crippen LogP) is -1.13. The van der Waals surface area contributed by atoms with E-state index in [1.54, 1.807) is 20.8 Å². The lowest BCUT2D eigenvalue weighted by atomic mass is 9.81. The summed E-state index contributed by atoms with van der Waals surface area (Å²) in [7, 11) is -1.70. The number of carbonyl (C=O) groups excluding carboxylic acids is 1. The van der Waals surface area contributed by atoms with Gasteiger partial charge in [-0.2, -0.15) is 0 Å². The molecule has 0 aromatic carbocycles. The summed E-state index contributed by atoms with van der Waals surface area (Å²) < 4.78 is 6.22. The number of hydrogen-bond acceptors (Lipinski definition) is 5. The van der Waals surface area contributed by atoms with Crippen LogP contribution in [0.15, 0.2) is 23.1 Å². The molecule has 0 fully saturated rings. The van der Waals surface area contributed by atoms with Crippen molar-refractivity contribution in [2.24, 2.45) is 0 Å². The van der Waals surface area contributed by atoms with E-state index < -0.39 is 24.2 Å². The van der Waals surface area contributed by atoms with Crippen LogP contribution in [0.2, 0.25) is 0 Å². The second kappa shape index (κ2) is 5.37. The van der Waals surface area contributed by atoms with Crippen LogP contribution < -0.4 is 11.0 Å². The maximum atomic E-state index is 11.6. The fourth-order valence-electron chi connectivity index (χ4n) is 1.33. The van der Waals surface area contributed by atoms with Crippen LogP contribution in [0.5, 0.6) is 0 Å². The van der Waals surface area contributed by atoms with E-state index in [-0.39, 0.29) is 12.0 Å². The van der Waals surface area contributed by atoms with Gasteiger partial charge in [0.25, 0.3) is 5.56 Å². The molecule has 0 aliphatic heterocycles. The van der Waals surface area contributed by atoms with Gasteiger partial charge in [0.2, 0.25) is 0 Å². The number of nitrogens with zero attached hydrogens (tertiary/aromatic N) is 1. The lowest BCUT2D eigenvalue weighted by Gasteiger charge is -2.19.